The van der Waals surface area contributed by atoms with E-state index in [-0.39, 0.29) is 17.4 Å². The third kappa shape index (κ3) is 4.36. The van der Waals surface area contributed by atoms with Crippen molar-refractivity contribution in [3.63, 3.8) is 0 Å². The summed E-state index contributed by atoms with van der Waals surface area (Å²) in [5, 5.41) is 6.04. The molecule has 1 heterocycles. The maximum absolute atomic E-state index is 12.1. The van der Waals surface area contributed by atoms with Crippen LogP contribution in [0.4, 0.5) is 11.6 Å². The Hall–Kier alpha value is -1.85. The van der Waals surface area contributed by atoms with Gasteiger partial charge in [-0.25, -0.2) is 9.97 Å². The Balaban J connectivity index is 2.88. The van der Waals surface area contributed by atoms with Crippen molar-refractivity contribution >= 4 is 17.5 Å². The molecule has 6 nitrogen and oxygen atoms in total. The first-order chi connectivity index (χ1) is 9.11. The summed E-state index contributed by atoms with van der Waals surface area (Å²) in [6, 6.07) is -0.402. The molecule has 0 fully saturated rings. The fraction of sp³-hybridized carbons (Fsp3) is 0.643. The number of nitrogens with two attached hydrogens (primary N) is 1. The van der Waals surface area contributed by atoms with E-state index in [0.717, 1.165) is 5.56 Å². The Morgan fingerprint density at radius 3 is 2.35 bits per heavy atom. The molecule has 1 unspecified atom stereocenters. The number of carbonyl (C=O) groups excluding carboxylic acids is 1. The third-order valence-electron chi connectivity index (χ3n) is 2.74. The molecular weight excluding hydrogens is 254 g/mol. The topological polar surface area (TPSA) is 92.9 Å². The van der Waals surface area contributed by atoms with Crippen molar-refractivity contribution in [3.8, 4) is 0 Å². The SMILES string of the molecule is CC(Nc1ncnc(N)c1C(C)C)C(=O)NC(C)(C)C. The van der Waals surface area contributed by atoms with Gasteiger partial charge in [-0.15, -0.1) is 0 Å². The molecule has 0 aliphatic carbocycles. The van der Waals surface area contributed by atoms with Gasteiger partial charge < -0.3 is 16.4 Å². The van der Waals surface area contributed by atoms with Crippen LogP contribution in [0.1, 0.15) is 53.0 Å². The second-order valence-corrected chi connectivity index (χ2v) is 6.28. The highest BCUT2D eigenvalue weighted by atomic mass is 16.2. The van der Waals surface area contributed by atoms with Crippen molar-refractivity contribution in [1.29, 1.82) is 0 Å². The molecule has 4 N–H and O–H groups in total. The number of hydrogen-bond acceptors (Lipinski definition) is 5. The average molecular weight is 279 g/mol. The fourth-order valence-electron chi connectivity index (χ4n) is 1.84. The molecule has 0 spiro atoms. The molecule has 1 amide bonds. The highest BCUT2D eigenvalue weighted by Crippen LogP contribution is 2.26. The van der Waals surface area contributed by atoms with Crippen molar-refractivity contribution in [2.45, 2.75) is 59.0 Å². The number of rotatable bonds is 4. The van der Waals surface area contributed by atoms with E-state index in [2.05, 4.69) is 20.6 Å². The maximum atomic E-state index is 12.1. The summed E-state index contributed by atoms with van der Waals surface area (Å²) in [6.07, 6.45) is 1.40. The highest BCUT2D eigenvalue weighted by molar-refractivity contribution is 5.84. The molecule has 6 heteroatoms. The summed E-state index contributed by atoms with van der Waals surface area (Å²) in [7, 11) is 0. The second-order valence-electron chi connectivity index (χ2n) is 6.28. The number of nitrogen functional groups attached to an aromatic ring is 1. The zero-order valence-electron chi connectivity index (χ0n) is 13.1. The minimum Gasteiger partial charge on any atom is -0.383 e. The number of anilines is 2. The molecule has 0 saturated carbocycles. The summed E-state index contributed by atoms with van der Waals surface area (Å²) >= 11 is 0. The van der Waals surface area contributed by atoms with Crippen LogP contribution in [0, 0.1) is 0 Å². The minimum absolute atomic E-state index is 0.0793. The third-order valence-corrected chi connectivity index (χ3v) is 2.74. The molecule has 20 heavy (non-hydrogen) atoms. The fourth-order valence-corrected chi connectivity index (χ4v) is 1.84. The number of nitrogens with zero attached hydrogens (tertiary/aromatic N) is 2. The van der Waals surface area contributed by atoms with E-state index in [9.17, 15) is 4.79 Å². The van der Waals surface area contributed by atoms with Crippen molar-refractivity contribution in [2.24, 2.45) is 0 Å². The molecule has 0 saturated heterocycles. The van der Waals surface area contributed by atoms with Gasteiger partial charge in [-0.1, -0.05) is 13.8 Å². The van der Waals surface area contributed by atoms with Crippen molar-refractivity contribution in [3.05, 3.63) is 11.9 Å². The van der Waals surface area contributed by atoms with Crippen LogP contribution in [-0.2, 0) is 4.79 Å². The monoisotopic (exact) mass is 279 g/mol. The Morgan fingerprint density at radius 2 is 1.85 bits per heavy atom. The molecule has 0 bridgehead atoms. The summed E-state index contributed by atoms with van der Waals surface area (Å²) in [4.78, 5) is 20.3. The van der Waals surface area contributed by atoms with Crippen LogP contribution in [0.15, 0.2) is 6.33 Å². The van der Waals surface area contributed by atoms with Gasteiger partial charge in [0, 0.05) is 11.1 Å². The Labute approximate surface area is 120 Å². The number of aromatic nitrogens is 2. The Morgan fingerprint density at radius 1 is 1.25 bits per heavy atom. The van der Waals surface area contributed by atoms with Crippen LogP contribution in [-0.4, -0.2) is 27.5 Å². The molecule has 0 aromatic carbocycles. The summed E-state index contributed by atoms with van der Waals surface area (Å²) in [5.74, 6) is 1.16. The molecule has 1 aromatic rings. The van der Waals surface area contributed by atoms with Crippen LogP contribution in [0.5, 0.6) is 0 Å². The lowest BCUT2D eigenvalue weighted by atomic mass is 10.0. The van der Waals surface area contributed by atoms with E-state index >= 15 is 0 Å². The molecule has 0 radical (unpaired) electrons. The second kappa shape index (κ2) is 6.07. The van der Waals surface area contributed by atoms with Gasteiger partial charge >= 0.3 is 0 Å². The number of carbonyl (C=O) groups is 1. The van der Waals surface area contributed by atoms with Gasteiger partial charge in [0.2, 0.25) is 5.91 Å². The smallest absolute Gasteiger partial charge is 0.242 e. The number of nitrogens with one attached hydrogen (secondary N) is 2. The van der Waals surface area contributed by atoms with Crippen LogP contribution >= 0.6 is 0 Å². The van der Waals surface area contributed by atoms with E-state index in [0.29, 0.717) is 11.6 Å². The summed E-state index contributed by atoms with van der Waals surface area (Å²) in [5.41, 5.74) is 6.45. The van der Waals surface area contributed by atoms with Gasteiger partial charge in [-0.05, 0) is 33.6 Å². The van der Waals surface area contributed by atoms with Gasteiger partial charge in [0.15, 0.2) is 0 Å². The van der Waals surface area contributed by atoms with E-state index in [1.807, 2.05) is 34.6 Å². The van der Waals surface area contributed by atoms with E-state index in [1.54, 1.807) is 6.92 Å². The standard InChI is InChI=1S/C14H25N5O/c1-8(2)10-11(15)16-7-17-12(10)18-9(3)13(20)19-14(4,5)6/h7-9H,1-6H3,(H,19,20)(H3,15,16,17,18). The Kier molecular flexibility index (Phi) is 4.92. The van der Waals surface area contributed by atoms with E-state index < -0.39 is 6.04 Å². The lowest BCUT2D eigenvalue weighted by Crippen LogP contribution is -2.47. The van der Waals surface area contributed by atoms with E-state index in [1.165, 1.54) is 6.33 Å². The van der Waals surface area contributed by atoms with Gasteiger partial charge in [0.25, 0.3) is 0 Å². The maximum Gasteiger partial charge on any atom is 0.242 e. The van der Waals surface area contributed by atoms with Gasteiger partial charge in [0.05, 0.1) is 0 Å². The largest absolute Gasteiger partial charge is 0.383 e. The predicted molar refractivity (Wildman–Crippen MR) is 81.5 cm³/mol. The summed E-state index contributed by atoms with van der Waals surface area (Å²) < 4.78 is 0. The Bertz CT molecular complexity index is 479. The van der Waals surface area contributed by atoms with Crippen LogP contribution in [0.3, 0.4) is 0 Å². The molecule has 1 atom stereocenters. The average Bonchev–Trinajstić information content (AvgIpc) is 2.25. The molecule has 1 rings (SSSR count). The predicted octanol–water partition coefficient (Wildman–Crippen LogP) is 1.90. The van der Waals surface area contributed by atoms with Gasteiger partial charge in [-0.3, -0.25) is 4.79 Å². The van der Waals surface area contributed by atoms with Crippen LogP contribution < -0.4 is 16.4 Å². The zero-order valence-corrected chi connectivity index (χ0v) is 13.1. The lowest BCUT2D eigenvalue weighted by Gasteiger charge is -2.24. The molecule has 0 aliphatic heterocycles. The van der Waals surface area contributed by atoms with Crippen molar-refractivity contribution < 1.29 is 4.79 Å². The molecular formula is C14H25N5O. The highest BCUT2D eigenvalue weighted by Gasteiger charge is 2.21. The van der Waals surface area contributed by atoms with Crippen molar-refractivity contribution in [2.75, 3.05) is 11.1 Å². The first-order valence-corrected chi connectivity index (χ1v) is 6.80. The molecule has 112 valence electrons. The molecule has 0 aliphatic rings. The number of amides is 1. The molecule has 1 aromatic heterocycles. The first kappa shape index (κ1) is 16.2. The van der Waals surface area contributed by atoms with Gasteiger partial charge in [0.1, 0.15) is 24.0 Å². The lowest BCUT2D eigenvalue weighted by molar-refractivity contribution is -0.122. The van der Waals surface area contributed by atoms with E-state index in [4.69, 9.17) is 5.73 Å². The normalized spacial score (nSPS) is 13.2. The van der Waals surface area contributed by atoms with Crippen LogP contribution in [0.25, 0.3) is 0 Å². The minimum atomic E-state index is -0.402. The summed E-state index contributed by atoms with van der Waals surface area (Å²) in [6.45, 7) is 11.7. The van der Waals surface area contributed by atoms with Crippen molar-refractivity contribution in [1.82, 2.24) is 15.3 Å². The van der Waals surface area contributed by atoms with Gasteiger partial charge in [-0.2, -0.15) is 0 Å². The first-order valence-electron chi connectivity index (χ1n) is 6.80. The quantitative estimate of drug-likeness (QED) is 0.782. The van der Waals surface area contributed by atoms with Crippen LogP contribution in [0.2, 0.25) is 0 Å². The number of hydrogen-bond donors (Lipinski definition) is 3. The zero-order chi connectivity index (χ0) is 15.5.